The van der Waals surface area contributed by atoms with Gasteiger partial charge in [-0.25, -0.2) is 0 Å². The molecule has 0 atom stereocenters. The molecular formula is C8H8F3N3S. The third kappa shape index (κ3) is 3.75. The summed E-state index contributed by atoms with van der Waals surface area (Å²) < 4.78 is 36.3. The monoisotopic (exact) mass is 235 g/mol. The molecule has 0 saturated heterocycles. The fraction of sp³-hybridized carbons (Fsp3) is 0.500. The summed E-state index contributed by atoms with van der Waals surface area (Å²) in [5.41, 5.74) is 0. The molecule has 0 aliphatic rings. The minimum absolute atomic E-state index is 0.167. The molecule has 15 heavy (non-hydrogen) atoms. The molecule has 0 bridgehead atoms. The molecule has 3 nitrogen and oxygen atoms in total. The van der Waals surface area contributed by atoms with Crippen molar-refractivity contribution in [2.45, 2.75) is 19.5 Å². The van der Waals surface area contributed by atoms with Gasteiger partial charge < -0.3 is 5.32 Å². The Morgan fingerprint density at radius 2 is 2.13 bits per heavy atom. The second-order valence-corrected chi connectivity index (χ2v) is 3.49. The Morgan fingerprint density at radius 1 is 1.40 bits per heavy atom. The lowest BCUT2D eigenvalue weighted by atomic mass is 10.4. The Morgan fingerprint density at radius 3 is 2.67 bits per heavy atom. The topological polar surface area (TPSA) is 37.8 Å². The van der Waals surface area contributed by atoms with Crippen molar-refractivity contribution in [3.63, 3.8) is 0 Å². The van der Waals surface area contributed by atoms with E-state index in [9.17, 15) is 13.2 Å². The molecule has 7 heteroatoms. The van der Waals surface area contributed by atoms with Gasteiger partial charge in [0.1, 0.15) is 0 Å². The van der Waals surface area contributed by atoms with Gasteiger partial charge in [0.15, 0.2) is 0 Å². The number of hydrogen-bond acceptors (Lipinski definition) is 4. The number of halogens is 3. The zero-order chi connectivity index (χ0) is 11.3. The average molecular weight is 235 g/mol. The molecule has 1 N–H and O–H groups in total. The molecule has 0 amide bonds. The Labute approximate surface area is 88.7 Å². The normalized spacial score (nSPS) is 10.7. The van der Waals surface area contributed by atoms with Crippen molar-refractivity contribution in [1.82, 2.24) is 10.2 Å². The van der Waals surface area contributed by atoms with E-state index < -0.39 is 11.2 Å². The summed E-state index contributed by atoms with van der Waals surface area (Å²) in [6, 6.07) is 0. The van der Waals surface area contributed by atoms with E-state index in [-0.39, 0.29) is 5.13 Å². The molecule has 0 radical (unpaired) electrons. The molecule has 82 valence electrons. The van der Waals surface area contributed by atoms with Crippen LogP contribution in [0.3, 0.4) is 0 Å². The van der Waals surface area contributed by atoms with Gasteiger partial charge in [0.25, 0.3) is 0 Å². The van der Waals surface area contributed by atoms with E-state index in [4.69, 9.17) is 0 Å². The summed E-state index contributed by atoms with van der Waals surface area (Å²) in [6.45, 7) is 2.17. The molecule has 0 saturated carbocycles. The van der Waals surface area contributed by atoms with Crippen LogP contribution in [0.4, 0.5) is 18.3 Å². The molecule has 1 aromatic rings. The third-order valence-corrected chi connectivity index (χ3v) is 2.30. The summed E-state index contributed by atoms with van der Waals surface area (Å²) in [4.78, 5) is 0. The molecule has 0 spiro atoms. The Kier molecular flexibility index (Phi) is 3.91. The summed E-state index contributed by atoms with van der Waals surface area (Å²) in [6.07, 6.45) is -3.85. The molecule has 0 fully saturated rings. The van der Waals surface area contributed by atoms with Gasteiger partial charge in [0.05, 0.1) is 0 Å². The van der Waals surface area contributed by atoms with E-state index in [0.29, 0.717) is 24.3 Å². The number of nitrogens with one attached hydrogen (secondary N) is 1. The average Bonchev–Trinajstić information content (AvgIpc) is 2.60. The van der Waals surface area contributed by atoms with E-state index in [1.807, 2.05) is 0 Å². The van der Waals surface area contributed by atoms with Gasteiger partial charge in [-0.15, -0.1) is 22.0 Å². The van der Waals surface area contributed by atoms with Crippen LogP contribution < -0.4 is 5.32 Å². The zero-order valence-electron chi connectivity index (χ0n) is 7.85. The molecule has 0 unspecified atom stereocenters. The second-order valence-electron chi connectivity index (χ2n) is 2.51. The maximum Gasteiger partial charge on any atom is 0.445 e. The minimum atomic E-state index is -4.42. The number of anilines is 1. The maximum absolute atomic E-state index is 12.1. The highest BCUT2D eigenvalue weighted by Crippen LogP contribution is 2.32. The van der Waals surface area contributed by atoms with E-state index in [1.165, 1.54) is 0 Å². The molecule has 1 heterocycles. The Balaban J connectivity index is 2.49. The van der Waals surface area contributed by atoms with Crippen LogP contribution in [-0.4, -0.2) is 16.7 Å². The van der Waals surface area contributed by atoms with Crippen LogP contribution in [0.2, 0.25) is 0 Å². The van der Waals surface area contributed by atoms with Crippen LogP contribution in [-0.2, 0) is 6.18 Å². The summed E-state index contributed by atoms with van der Waals surface area (Å²) >= 11 is 0.491. The van der Waals surface area contributed by atoms with Crippen molar-refractivity contribution in [3.8, 4) is 11.8 Å². The predicted molar refractivity (Wildman–Crippen MR) is 51.5 cm³/mol. The van der Waals surface area contributed by atoms with Crippen molar-refractivity contribution >= 4 is 16.5 Å². The Bertz CT molecular complexity index is 374. The quantitative estimate of drug-likeness (QED) is 0.645. The van der Waals surface area contributed by atoms with Crippen LogP contribution in [0.25, 0.3) is 0 Å². The fourth-order valence-electron chi connectivity index (χ4n) is 0.766. The molecular weight excluding hydrogens is 227 g/mol. The number of aromatic nitrogens is 2. The molecule has 0 aliphatic heterocycles. The largest absolute Gasteiger partial charge is 0.445 e. The van der Waals surface area contributed by atoms with Crippen LogP contribution in [0.15, 0.2) is 0 Å². The molecule has 1 aromatic heterocycles. The third-order valence-electron chi connectivity index (χ3n) is 1.37. The molecule has 0 aliphatic carbocycles. The van der Waals surface area contributed by atoms with Gasteiger partial charge in [0, 0.05) is 13.0 Å². The van der Waals surface area contributed by atoms with E-state index in [2.05, 4.69) is 27.4 Å². The van der Waals surface area contributed by atoms with E-state index in [1.54, 1.807) is 6.92 Å². The number of hydrogen-bond donors (Lipinski definition) is 1. The second kappa shape index (κ2) is 4.98. The van der Waals surface area contributed by atoms with Gasteiger partial charge in [-0.2, -0.15) is 13.2 Å². The van der Waals surface area contributed by atoms with Gasteiger partial charge in [-0.3, -0.25) is 0 Å². The van der Waals surface area contributed by atoms with Crippen molar-refractivity contribution in [2.75, 3.05) is 11.9 Å². The fourth-order valence-corrected chi connectivity index (χ4v) is 1.40. The first-order valence-electron chi connectivity index (χ1n) is 4.08. The highest BCUT2D eigenvalue weighted by molar-refractivity contribution is 7.15. The highest BCUT2D eigenvalue weighted by Gasteiger charge is 2.35. The van der Waals surface area contributed by atoms with Crippen molar-refractivity contribution < 1.29 is 13.2 Å². The van der Waals surface area contributed by atoms with Crippen LogP contribution in [0, 0.1) is 11.8 Å². The van der Waals surface area contributed by atoms with Crippen molar-refractivity contribution in [1.29, 1.82) is 0 Å². The Hall–Kier alpha value is -1.29. The molecule has 0 aromatic carbocycles. The van der Waals surface area contributed by atoms with Gasteiger partial charge in [-0.05, 0) is 6.92 Å². The lowest BCUT2D eigenvalue weighted by Crippen LogP contribution is -2.03. The minimum Gasteiger partial charge on any atom is -0.359 e. The smallest absolute Gasteiger partial charge is 0.359 e. The standard InChI is InChI=1S/C8H8F3N3S/c1-2-3-4-5-12-7-14-13-6(15-7)8(9,10)11/h4-5H2,1H3,(H,12,14). The molecule has 1 rings (SSSR count). The summed E-state index contributed by atoms with van der Waals surface area (Å²) in [5.74, 6) is 5.46. The predicted octanol–water partition coefficient (Wildman–Crippen LogP) is 2.38. The highest BCUT2D eigenvalue weighted by atomic mass is 32.1. The number of nitrogens with zero attached hydrogens (tertiary/aromatic N) is 2. The lowest BCUT2D eigenvalue weighted by molar-refractivity contribution is -0.138. The maximum atomic E-state index is 12.1. The van der Waals surface area contributed by atoms with E-state index >= 15 is 0 Å². The van der Waals surface area contributed by atoms with Gasteiger partial charge in [0.2, 0.25) is 10.1 Å². The first kappa shape index (κ1) is 11.8. The number of rotatable bonds is 3. The van der Waals surface area contributed by atoms with E-state index in [0.717, 1.165) is 0 Å². The SMILES string of the molecule is CC#CCCNc1nnc(C(F)(F)F)s1. The first-order chi connectivity index (χ1) is 7.04. The first-order valence-corrected chi connectivity index (χ1v) is 4.90. The van der Waals surface area contributed by atoms with Crippen molar-refractivity contribution in [3.05, 3.63) is 5.01 Å². The van der Waals surface area contributed by atoms with Crippen molar-refractivity contribution in [2.24, 2.45) is 0 Å². The van der Waals surface area contributed by atoms with Crippen LogP contribution in [0.1, 0.15) is 18.4 Å². The van der Waals surface area contributed by atoms with Gasteiger partial charge in [-0.1, -0.05) is 11.3 Å². The van der Waals surface area contributed by atoms with Crippen LogP contribution in [0.5, 0.6) is 0 Å². The zero-order valence-corrected chi connectivity index (χ0v) is 8.67. The van der Waals surface area contributed by atoms with Crippen LogP contribution >= 0.6 is 11.3 Å². The number of alkyl halides is 3. The lowest BCUT2D eigenvalue weighted by Gasteiger charge is -1.98. The summed E-state index contributed by atoms with van der Waals surface area (Å²) in [7, 11) is 0. The van der Waals surface area contributed by atoms with Gasteiger partial charge >= 0.3 is 6.18 Å². The summed E-state index contributed by atoms with van der Waals surface area (Å²) in [5, 5.41) is 8.34.